The number of benzene rings is 2. The molecule has 1 heterocycles. The Morgan fingerprint density at radius 3 is 2.45 bits per heavy atom. The van der Waals surface area contributed by atoms with E-state index in [-0.39, 0.29) is 18.1 Å². The van der Waals surface area contributed by atoms with E-state index in [0.29, 0.717) is 15.6 Å². The molecule has 0 unspecified atom stereocenters. The molecule has 3 aromatic rings. The molecule has 0 saturated carbocycles. The van der Waals surface area contributed by atoms with Crippen molar-refractivity contribution in [2.24, 2.45) is 5.10 Å². The summed E-state index contributed by atoms with van der Waals surface area (Å²) in [6, 6.07) is 12.4. The van der Waals surface area contributed by atoms with Gasteiger partial charge in [-0.25, -0.2) is 15.4 Å². The lowest BCUT2D eigenvalue weighted by molar-refractivity contribution is -0.387. The Morgan fingerprint density at radius 2 is 1.79 bits per heavy atom. The maximum atomic E-state index is 12.0. The van der Waals surface area contributed by atoms with Crippen LogP contribution < -0.4 is 10.7 Å². The molecule has 0 spiro atoms. The second kappa shape index (κ2) is 10.7. The Balaban J connectivity index is 1.63. The maximum absolute atomic E-state index is 12.0. The molecule has 1 amide bonds. The molecule has 0 aliphatic heterocycles. The van der Waals surface area contributed by atoms with E-state index in [9.17, 15) is 14.9 Å². The Morgan fingerprint density at radius 1 is 1.06 bits per heavy atom. The van der Waals surface area contributed by atoms with Gasteiger partial charge in [-0.05, 0) is 74.8 Å². The first-order valence-electron chi connectivity index (χ1n) is 10.1. The van der Waals surface area contributed by atoms with Crippen LogP contribution >= 0.6 is 11.8 Å². The number of aryl methyl sites for hydroxylation is 4. The third-order valence-corrected chi connectivity index (χ3v) is 5.64. The van der Waals surface area contributed by atoms with Crippen LogP contribution in [-0.2, 0) is 4.79 Å². The number of hydrogen-bond acceptors (Lipinski definition) is 8. The predicted molar refractivity (Wildman–Crippen MR) is 129 cm³/mol. The molecule has 3 rings (SSSR count). The largest absolute Gasteiger partial charge is 0.376 e. The van der Waals surface area contributed by atoms with Crippen LogP contribution in [0.4, 0.5) is 11.4 Å². The number of nitrogens with one attached hydrogen (secondary N) is 2. The summed E-state index contributed by atoms with van der Waals surface area (Å²) in [7, 11) is 0. The SMILES string of the molecule is Cc1cc(C)nc(Sc2ccc(/C=N/NC(=O)CNc3ccc(C)c(C)c3)cc2[N+](=O)[O-])n1. The van der Waals surface area contributed by atoms with Gasteiger partial charge >= 0.3 is 0 Å². The molecule has 10 heteroatoms. The van der Waals surface area contributed by atoms with Crippen LogP contribution in [0, 0.1) is 37.8 Å². The van der Waals surface area contributed by atoms with E-state index in [1.54, 1.807) is 12.1 Å². The molecule has 0 bridgehead atoms. The van der Waals surface area contributed by atoms with Crippen LogP contribution in [0.3, 0.4) is 0 Å². The Hall–Kier alpha value is -3.79. The minimum absolute atomic E-state index is 0.0471. The normalized spacial score (nSPS) is 10.9. The second-order valence-electron chi connectivity index (χ2n) is 7.47. The fraction of sp³-hybridized carbons (Fsp3) is 0.217. The number of nitro groups is 1. The van der Waals surface area contributed by atoms with Crippen molar-refractivity contribution in [2.75, 3.05) is 11.9 Å². The molecule has 33 heavy (non-hydrogen) atoms. The number of amides is 1. The average Bonchev–Trinajstić information content (AvgIpc) is 2.74. The van der Waals surface area contributed by atoms with Gasteiger partial charge in [0.05, 0.1) is 22.6 Å². The van der Waals surface area contributed by atoms with E-state index < -0.39 is 4.92 Å². The lowest BCUT2D eigenvalue weighted by Crippen LogP contribution is -2.25. The summed E-state index contributed by atoms with van der Waals surface area (Å²) in [5.74, 6) is -0.335. The second-order valence-corrected chi connectivity index (χ2v) is 8.47. The predicted octanol–water partition coefficient (Wildman–Crippen LogP) is 4.33. The highest BCUT2D eigenvalue weighted by atomic mass is 32.2. The lowest BCUT2D eigenvalue weighted by atomic mass is 10.1. The molecule has 170 valence electrons. The van der Waals surface area contributed by atoms with Crippen LogP contribution in [0.1, 0.15) is 28.1 Å². The van der Waals surface area contributed by atoms with E-state index in [1.165, 1.54) is 17.8 Å². The Labute approximate surface area is 195 Å². The minimum atomic E-state index is -0.464. The number of nitrogens with zero attached hydrogens (tertiary/aromatic N) is 4. The number of carbonyl (C=O) groups excluding carboxylic acids is 1. The topological polar surface area (TPSA) is 122 Å². The molecule has 0 radical (unpaired) electrons. The van der Waals surface area contributed by atoms with Gasteiger partial charge in [-0.1, -0.05) is 12.1 Å². The van der Waals surface area contributed by atoms with Gasteiger partial charge in [0.15, 0.2) is 5.16 Å². The number of aromatic nitrogens is 2. The van der Waals surface area contributed by atoms with Gasteiger partial charge in [-0.15, -0.1) is 0 Å². The summed E-state index contributed by atoms with van der Waals surface area (Å²) in [6.45, 7) is 7.76. The molecular weight excluding hydrogens is 440 g/mol. The molecular formula is C23H24N6O3S. The van der Waals surface area contributed by atoms with Crippen LogP contribution in [0.25, 0.3) is 0 Å². The molecule has 2 aromatic carbocycles. The highest BCUT2D eigenvalue weighted by Gasteiger charge is 2.17. The highest BCUT2D eigenvalue weighted by molar-refractivity contribution is 7.99. The summed E-state index contributed by atoms with van der Waals surface area (Å²) < 4.78 is 0. The number of hydrogen-bond donors (Lipinski definition) is 2. The summed E-state index contributed by atoms with van der Waals surface area (Å²) in [6.07, 6.45) is 1.36. The van der Waals surface area contributed by atoms with Crippen LogP contribution in [-0.4, -0.2) is 33.6 Å². The Bertz CT molecular complexity index is 1210. The van der Waals surface area contributed by atoms with Gasteiger partial charge < -0.3 is 5.32 Å². The van der Waals surface area contributed by atoms with Gasteiger partial charge in [0.2, 0.25) is 0 Å². The standard InChI is InChI=1S/C23H24N6O3S/c1-14-5-7-19(9-15(14)2)24-13-22(30)28-25-12-18-6-8-21(20(11-18)29(31)32)33-23-26-16(3)10-17(4)27-23/h5-12,24H,13H2,1-4H3,(H,28,30)/b25-12+. The van der Waals surface area contributed by atoms with Crippen molar-refractivity contribution in [3.63, 3.8) is 0 Å². The molecule has 2 N–H and O–H groups in total. The van der Waals surface area contributed by atoms with E-state index >= 15 is 0 Å². The molecule has 1 aromatic heterocycles. The van der Waals surface area contributed by atoms with E-state index in [0.717, 1.165) is 34.4 Å². The molecule has 9 nitrogen and oxygen atoms in total. The Kier molecular flexibility index (Phi) is 7.73. The van der Waals surface area contributed by atoms with Gasteiger partial charge in [0.25, 0.3) is 11.6 Å². The fourth-order valence-electron chi connectivity index (χ4n) is 2.93. The number of hydrazone groups is 1. The summed E-state index contributed by atoms with van der Waals surface area (Å²) in [4.78, 5) is 32.2. The maximum Gasteiger partial charge on any atom is 0.283 e. The van der Waals surface area contributed by atoms with Crippen molar-refractivity contribution in [2.45, 2.75) is 37.7 Å². The van der Waals surface area contributed by atoms with Crippen LogP contribution in [0.15, 0.2) is 57.6 Å². The van der Waals surface area contributed by atoms with E-state index in [4.69, 9.17) is 0 Å². The number of nitro benzene ring substituents is 1. The fourth-order valence-corrected chi connectivity index (χ4v) is 3.88. The van der Waals surface area contributed by atoms with Crippen molar-refractivity contribution in [1.29, 1.82) is 0 Å². The number of anilines is 1. The third kappa shape index (κ3) is 6.84. The van der Waals surface area contributed by atoms with Crippen molar-refractivity contribution in [3.05, 3.63) is 80.7 Å². The first-order chi connectivity index (χ1) is 15.7. The van der Waals surface area contributed by atoms with Crippen molar-refractivity contribution in [3.8, 4) is 0 Å². The monoisotopic (exact) mass is 464 g/mol. The van der Waals surface area contributed by atoms with Gasteiger partial charge in [0, 0.05) is 28.7 Å². The van der Waals surface area contributed by atoms with Crippen molar-refractivity contribution < 1.29 is 9.72 Å². The molecule has 0 aliphatic carbocycles. The molecule has 0 fully saturated rings. The number of rotatable bonds is 8. The average molecular weight is 465 g/mol. The van der Waals surface area contributed by atoms with Gasteiger partial charge in [0.1, 0.15) is 0 Å². The zero-order chi connectivity index (χ0) is 24.0. The number of carbonyl (C=O) groups is 1. The van der Waals surface area contributed by atoms with Crippen LogP contribution in [0.5, 0.6) is 0 Å². The molecule has 0 atom stereocenters. The van der Waals surface area contributed by atoms with Crippen molar-refractivity contribution in [1.82, 2.24) is 15.4 Å². The zero-order valence-electron chi connectivity index (χ0n) is 18.7. The van der Waals surface area contributed by atoms with E-state index in [2.05, 4.69) is 25.8 Å². The third-order valence-electron chi connectivity index (χ3n) is 4.71. The summed E-state index contributed by atoms with van der Waals surface area (Å²) >= 11 is 1.13. The zero-order valence-corrected chi connectivity index (χ0v) is 19.6. The molecule has 0 saturated heterocycles. The lowest BCUT2D eigenvalue weighted by Gasteiger charge is -2.07. The van der Waals surface area contributed by atoms with E-state index in [1.807, 2.05) is 52.0 Å². The van der Waals surface area contributed by atoms with Gasteiger partial charge in [-0.2, -0.15) is 5.10 Å². The van der Waals surface area contributed by atoms with Crippen LogP contribution in [0.2, 0.25) is 0 Å². The first kappa shape index (κ1) is 23.9. The summed E-state index contributed by atoms with van der Waals surface area (Å²) in [5, 5.41) is 19.0. The smallest absolute Gasteiger partial charge is 0.283 e. The molecule has 0 aliphatic rings. The summed E-state index contributed by atoms with van der Waals surface area (Å²) in [5.41, 5.74) is 7.54. The highest BCUT2D eigenvalue weighted by Crippen LogP contribution is 2.33. The van der Waals surface area contributed by atoms with Gasteiger partial charge in [-0.3, -0.25) is 14.9 Å². The first-order valence-corrected chi connectivity index (χ1v) is 10.9. The van der Waals surface area contributed by atoms with Crippen molar-refractivity contribution >= 4 is 35.3 Å². The minimum Gasteiger partial charge on any atom is -0.376 e. The quantitative estimate of drug-likeness (QED) is 0.220.